The van der Waals surface area contributed by atoms with E-state index in [0.29, 0.717) is 5.75 Å². The van der Waals surface area contributed by atoms with Crippen molar-refractivity contribution in [3.63, 3.8) is 0 Å². The molecule has 0 unspecified atom stereocenters. The van der Waals surface area contributed by atoms with Gasteiger partial charge in [-0.2, -0.15) is 0 Å². The summed E-state index contributed by atoms with van der Waals surface area (Å²) in [6.45, 7) is -0.186. The van der Waals surface area contributed by atoms with Crippen LogP contribution in [0.2, 0.25) is 0 Å². The Bertz CT molecular complexity index is 417. The number of hydrogen-bond donors (Lipinski definition) is 4. The van der Waals surface area contributed by atoms with Gasteiger partial charge in [-0.05, 0) is 12.1 Å². The highest BCUT2D eigenvalue weighted by Crippen LogP contribution is 2.30. The van der Waals surface area contributed by atoms with Crippen LogP contribution in [0.25, 0.3) is 0 Å². The van der Waals surface area contributed by atoms with Crippen LogP contribution in [0.15, 0.2) is 29.2 Å². The van der Waals surface area contributed by atoms with E-state index >= 15 is 0 Å². The molecule has 0 bridgehead atoms. The zero-order valence-electron chi connectivity index (χ0n) is 10.7. The fraction of sp³-hybridized carbons (Fsp3) is 0.538. The normalized spacial score (nSPS) is 30.5. The van der Waals surface area contributed by atoms with Crippen molar-refractivity contribution in [1.82, 2.24) is 5.32 Å². The molecule has 4 atom stereocenters. The van der Waals surface area contributed by atoms with E-state index in [2.05, 4.69) is 5.32 Å². The zero-order valence-corrected chi connectivity index (χ0v) is 11.5. The number of rotatable bonds is 5. The second-order valence-electron chi connectivity index (χ2n) is 4.51. The lowest BCUT2D eigenvalue weighted by atomic mass is 10.1. The van der Waals surface area contributed by atoms with Crippen LogP contribution in [0.4, 0.5) is 0 Å². The van der Waals surface area contributed by atoms with E-state index in [1.165, 1.54) is 0 Å². The predicted octanol–water partition coefficient (Wildman–Crippen LogP) is -0.158. The third-order valence-electron chi connectivity index (χ3n) is 3.29. The number of nitrogens with one attached hydrogen (secondary N) is 1. The van der Waals surface area contributed by atoms with E-state index in [4.69, 9.17) is 9.84 Å². The molecule has 1 aliphatic rings. The first-order valence-electron chi connectivity index (χ1n) is 6.16. The van der Waals surface area contributed by atoms with Gasteiger partial charge < -0.3 is 25.4 Å². The van der Waals surface area contributed by atoms with Gasteiger partial charge in [-0.15, -0.1) is 11.8 Å². The maximum atomic E-state index is 9.90. The molecule has 5 nitrogen and oxygen atoms in total. The lowest BCUT2D eigenvalue weighted by Crippen LogP contribution is -2.37. The van der Waals surface area contributed by atoms with Crippen LogP contribution in [-0.4, -0.2) is 59.1 Å². The first-order valence-corrected chi connectivity index (χ1v) is 7.14. The highest BCUT2D eigenvalue weighted by Gasteiger charge is 2.40. The lowest BCUT2D eigenvalue weighted by molar-refractivity contribution is 0.0219. The van der Waals surface area contributed by atoms with Gasteiger partial charge in [0.15, 0.2) is 0 Å². The molecule has 106 valence electrons. The van der Waals surface area contributed by atoms with Crippen LogP contribution < -0.4 is 10.1 Å². The van der Waals surface area contributed by atoms with Crippen molar-refractivity contribution < 1.29 is 20.1 Å². The summed E-state index contributed by atoms with van der Waals surface area (Å²) in [6, 6.07) is 6.95. The van der Waals surface area contributed by atoms with Gasteiger partial charge in [-0.3, -0.25) is 0 Å². The third-order valence-corrected chi connectivity index (χ3v) is 4.46. The van der Waals surface area contributed by atoms with Crippen molar-refractivity contribution in [2.75, 3.05) is 19.5 Å². The molecule has 0 saturated carbocycles. The standard InChI is InChI=1S/C13H19NO4S/c1-18-10-4-2-3-5-11(10)19-7-9-13(17)12(16)8(6-15)14-9/h2-5,8-9,12-17H,6-7H2,1H3/t8-,9+,12-,13-/m1/s1. The quantitative estimate of drug-likeness (QED) is 0.563. The van der Waals surface area contributed by atoms with E-state index in [-0.39, 0.29) is 12.6 Å². The minimum absolute atomic E-state index is 0.186. The van der Waals surface area contributed by atoms with E-state index in [9.17, 15) is 10.2 Å². The second kappa shape index (κ2) is 6.58. The molecule has 0 aromatic heterocycles. The van der Waals surface area contributed by atoms with Gasteiger partial charge in [0.2, 0.25) is 0 Å². The van der Waals surface area contributed by atoms with Crippen molar-refractivity contribution in [3.05, 3.63) is 24.3 Å². The molecule has 0 aliphatic carbocycles. The second-order valence-corrected chi connectivity index (χ2v) is 5.57. The van der Waals surface area contributed by atoms with Gasteiger partial charge in [0.25, 0.3) is 0 Å². The summed E-state index contributed by atoms with van der Waals surface area (Å²) < 4.78 is 5.26. The van der Waals surface area contributed by atoms with Crippen molar-refractivity contribution in [1.29, 1.82) is 0 Å². The van der Waals surface area contributed by atoms with Crippen molar-refractivity contribution in [3.8, 4) is 5.75 Å². The maximum absolute atomic E-state index is 9.90. The average Bonchev–Trinajstić information content (AvgIpc) is 2.73. The number of ether oxygens (including phenoxy) is 1. The number of thioether (sulfide) groups is 1. The molecule has 1 aromatic carbocycles. The van der Waals surface area contributed by atoms with Gasteiger partial charge in [0, 0.05) is 16.7 Å². The lowest BCUT2D eigenvalue weighted by Gasteiger charge is -2.16. The molecular weight excluding hydrogens is 266 g/mol. The van der Waals surface area contributed by atoms with Gasteiger partial charge in [0.1, 0.15) is 5.75 Å². The van der Waals surface area contributed by atoms with Crippen molar-refractivity contribution in [2.45, 2.75) is 29.2 Å². The Kier molecular flexibility index (Phi) is 5.06. The third kappa shape index (κ3) is 3.21. The topological polar surface area (TPSA) is 82.0 Å². The largest absolute Gasteiger partial charge is 0.496 e. The van der Waals surface area contributed by atoms with Crippen LogP contribution in [0.3, 0.4) is 0 Å². The molecule has 1 fully saturated rings. The summed E-state index contributed by atoms with van der Waals surface area (Å²) in [5.41, 5.74) is 0. The molecule has 1 saturated heterocycles. The number of methoxy groups -OCH3 is 1. The smallest absolute Gasteiger partial charge is 0.132 e. The number of hydrogen-bond acceptors (Lipinski definition) is 6. The SMILES string of the molecule is COc1ccccc1SC[C@@H]1N[C@H](CO)[C@@H](O)[C@@H]1O. The Morgan fingerprint density at radius 1 is 1.21 bits per heavy atom. The van der Waals surface area contributed by atoms with Crippen molar-refractivity contribution >= 4 is 11.8 Å². The minimum Gasteiger partial charge on any atom is -0.496 e. The minimum atomic E-state index is -0.923. The van der Waals surface area contributed by atoms with E-state index < -0.39 is 18.2 Å². The van der Waals surface area contributed by atoms with Gasteiger partial charge in [-0.1, -0.05) is 12.1 Å². The molecule has 0 amide bonds. The molecule has 2 rings (SSSR count). The average molecular weight is 285 g/mol. The fourth-order valence-corrected chi connectivity index (χ4v) is 3.29. The summed E-state index contributed by atoms with van der Waals surface area (Å²) in [6.07, 6.45) is -1.78. The zero-order chi connectivity index (χ0) is 13.8. The summed E-state index contributed by atoms with van der Waals surface area (Å²) in [7, 11) is 1.62. The molecule has 1 aromatic rings. The number of aliphatic hydroxyl groups is 3. The van der Waals surface area contributed by atoms with Gasteiger partial charge in [0.05, 0.1) is 32.0 Å². The Balaban J connectivity index is 1.96. The van der Waals surface area contributed by atoms with Gasteiger partial charge in [-0.25, -0.2) is 0 Å². The van der Waals surface area contributed by atoms with Crippen LogP contribution in [-0.2, 0) is 0 Å². The molecule has 4 N–H and O–H groups in total. The number of aliphatic hydroxyl groups excluding tert-OH is 3. The molecular formula is C13H19NO4S. The Labute approximate surface area is 116 Å². The molecule has 0 spiro atoms. The molecule has 1 aliphatic heterocycles. The highest BCUT2D eigenvalue weighted by atomic mass is 32.2. The first kappa shape index (κ1) is 14.6. The predicted molar refractivity (Wildman–Crippen MR) is 73.5 cm³/mol. The summed E-state index contributed by atoms with van der Waals surface area (Å²) in [4.78, 5) is 0.987. The first-order chi connectivity index (χ1) is 9.17. The Morgan fingerprint density at radius 2 is 1.89 bits per heavy atom. The molecule has 19 heavy (non-hydrogen) atoms. The van der Waals surface area contributed by atoms with Gasteiger partial charge >= 0.3 is 0 Å². The highest BCUT2D eigenvalue weighted by molar-refractivity contribution is 7.99. The number of benzene rings is 1. The Morgan fingerprint density at radius 3 is 2.53 bits per heavy atom. The van der Waals surface area contributed by atoms with Crippen LogP contribution in [0, 0.1) is 0 Å². The Hall–Kier alpha value is -0.790. The molecule has 0 radical (unpaired) electrons. The van der Waals surface area contributed by atoms with Crippen LogP contribution in [0.1, 0.15) is 0 Å². The molecule has 1 heterocycles. The van der Waals surface area contributed by atoms with Crippen LogP contribution in [0.5, 0.6) is 5.75 Å². The van der Waals surface area contributed by atoms with Crippen LogP contribution >= 0.6 is 11.8 Å². The van der Waals surface area contributed by atoms with E-state index in [1.807, 2.05) is 24.3 Å². The fourth-order valence-electron chi connectivity index (χ4n) is 2.17. The summed E-state index contributed by atoms with van der Waals surface area (Å²) >= 11 is 1.55. The van der Waals surface area contributed by atoms with E-state index in [1.54, 1.807) is 18.9 Å². The van der Waals surface area contributed by atoms with Crippen molar-refractivity contribution in [2.24, 2.45) is 0 Å². The summed E-state index contributed by atoms with van der Waals surface area (Å²) in [5, 5.41) is 31.7. The molecule has 6 heteroatoms. The monoisotopic (exact) mass is 285 g/mol. The number of para-hydroxylation sites is 1. The van der Waals surface area contributed by atoms with E-state index in [0.717, 1.165) is 10.6 Å². The summed E-state index contributed by atoms with van der Waals surface area (Å²) in [5.74, 6) is 1.38. The maximum Gasteiger partial charge on any atom is 0.132 e.